The first kappa shape index (κ1) is 16.3. The topological polar surface area (TPSA) is 15.3 Å². The van der Waals surface area contributed by atoms with Crippen molar-refractivity contribution >= 4 is 0 Å². The summed E-state index contributed by atoms with van der Waals surface area (Å²) in [6, 6.07) is 0.784. The van der Waals surface area contributed by atoms with Crippen molar-refractivity contribution in [2.24, 2.45) is 17.8 Å². The maximum Gasteiger partial charge on any atom is 0.0108 e. The van der Waals surface area contributed by atoms with E-state index in [4.69, 9.17) is 0 Å². The van der Waals surface area contributed by atoms with Crippen molar-refractivity contribution in [2.75, 3.05) is 26.2 Å². The maximum absolute atomic E-state index is 3.83. The van der Waals surface area contributed by atoms with Gasteiger partial charge in [0.15, 0.2) is 0 Å². The molecule has 0 amide bonds. The van der Waals surface area contributed by atoms with Gasteiger partial charge in [-0.15, -0.1) is 0 Å². The fraction of sp³-hybridized carbons (Fsp3) is 1.00. The molecular formula is C18H36N2. The van der Waals surface area contributed by atoms with E-state index in [1.54, 1.807) is 0 Å². The summed E-state index contributed by atoms with van der Waals surface area (Å²) in [7, 11) is 0. The molecule has 2 nitrogen and oxygen atoms in total. The zero-order valence-electron chi connectivity index (χ0n) is 14.0. The van der Waals surface area contributed by atoms with Crippen molar-refractivity contribution in [3.63, 3.8) is 0 Å². The first-order valence-corrected chi connectivity index (χ1v) is 9.14. The summed E-state index contributed by atoms with van der Waals surface area (Å²) in [5.41, 5.74) is 0. The molecule has 4 unspecified atom stereocenters. The molecule has 1 aliphatic heterocycles. The molecule has 0 bridgehead atoms. The van der Waals surface area contributed by atoms with Gasteiger partial charge in [-0.2, -0.15) is 0 Å². The highest BCUT2D eigenvalue weighted by atomic mass is 15.1. The molecule has 4 atom stereocenters. The van der Waals surface area contributed by atoms with E-state index in [1.807, 2.05) is 0 Å². The van der Waals surface area contributed by atoms with Crippen molar-refractivity contribution < 1.29 is 0 Å². The second-order valence-corrected chi connectivity index (χ2v) is 7.58. The maximum atomic E-state index is 3.83. The molecule has 118 valence electrons. The molecular weight excluding hydrogens is 244 g/mol. The molecule has 2 rings (SSSR count). The number of likely N-dealkylation sites (tertiary alicyclic amines) is 1. The zero-order valence-corrected chi connectivity index (χ0v) is 14.0. The molecule has 0 aromatic rings. The number of hydrogen-bond donors (Lipinski definition) is 1. The summed E-state index contributed by atoms with van der Waals surface area (Å²) >= 11 is 0. The molecule has 2 fully saturated rings. The number of rotatable bonds is 5. The lowest BCUT2D eigenvalue weighted by atomic mass is 9.78. The SMILES string of the molecule is CCCNC1CCC(C)CC1CN1CCCC(C)CC1. The molecule has 0 aromatic carbocycles. The van der Waals surface area contributed by atoms with Gasteiger partial charge in [0.1, 0.15) is 0 Å². The highest BCUT2D eigenvalue weighted by molar-refractivity contribution is 4.86. The van der Waals surface area contributed by atoms with Gasteiger partial charge in [0.05, 0.1) is 0 Å². The van der Waals surface area contributed by atoms with Gasteiger partial charge < -0.3 is 10.2 Å². The van der Waals surface area contributed by atoms with Gasteiger partial charge in [0, 0.05) is 12.6 Å². The molecule has 20 heavy (non-hydrogen) atoms. The molecule has 1 heterocycles. The second-order valence-electron chi connectivity index (χ2n) is 7.58. The van der Waals surface area contributed by atoms with Crippen LogP contribution in [0.15, 0.2) is 0 Å². The predicted molar refractivity (Wildman–Crippen MR) is 88.0 cm³/mol. The average Bonchev–Trinajstić information content (AvgIpc) is 2.63. The third-order valence-electron chi connectivity index (χ3n) is 5.50. The van der Waals surface area contributed by atoms with E-state index in [9.17, 15) is 0 Å². The Balaban J connectivity index is 1.85. The molecule has 1 N–H and O–H groups in total. The van der Waals surface area contributed by atoms with Crippen LogP contribution < -0.4 is 5.32 Å². The second kappa shape index (κ2) is 8.38. The molecule has 1 aliphatic carbocycles. The highest BCUT2D eigenvalue weighted by Gasteiger charge is 2.29. The van der Waals surface area contributed by atoms with E-state index in [0.717, 1.165) is 23.8 Å². The Morgan fingerprint density at radius 2 is 1.85 bits per heavy atom. The Labute approximate surface area is 126 Å². The molecule has 0 radical (unpaired) electrons. The van der Waals surface area contributed by atoms with Crippen LogP contribution in [-0.4, -0.2) is 37.1 Å². The van der Waals surface area contributed by atoms with Crippen LogP contribution in [0, 0.1) is 17.8 Å². The molecule has 2 aliphatic rings. The summed E-state index contributed by atoms with van der Waals surface area (Å²) in [5.74, 6) is 2.77. The minimum atomic E-state index is 0.784. The molecule has 0 spiro atoms. The molecule has 1 saturated carbocycles. The van der Waals surface area contributed by atoms with E-state index < -0.39 is 0 Å². The van der Waals surface area contributed by atoms with Gasteiger partial charge in [0.2, 0.25) is 0 Å². The van der Waals surface area contributed by atoms with Gasteiger partial charge in [-0.1, -0.05) is 20.8 Å². The Morgan fingerprint density at radius 1 is 1.00 bits per heavy atom. The minimum absolute atomic E-state index is 0.784. The van der Waals surface area contributed by atoms with Gasteiger partial charge in [0.25, 0.3) is 0 Å². The van der Waals surface area contributed by atoms with Crippen LogP contribution >= 0.6 is 0 Å². The number of nitrogens with one attached hydrogen (secondary N) is 1. The summed E-state index contributed by atoms with van der Waals surface area (Å²) in [4.78, 5) is 2.77. The fourth-order valence-electron chi connectivity index (χ4n) is 4.14. The van der Waals surface area contributed by atoms with Gasteiger partial charge in [-0.05, 0) is 82.3 Å². The Morgan fingerprint density at radius 3 is 2.65 bits per heavy atom. The van der Waals surface area contributed by atoms with Crippen molar-refractivity contribution in [3.8, 4) is 0 Å². The predicted octanol–water partition coefficient (Wildman–Crippen LogP) is 3.91. The standard InChI is InChI=1S/C18H36N2/c1-4-10-19-18-8-7-16(3)13-17(18)14-20-11-5-6-15(2)9-12-20/h15-19H,4-14H2,1-3H3. The van der Waals surface area contributed by atoms with Crippen LogP contribution in [0.5, 0.6) is 0 Å². The van der Waals surface area contributed by atoms with Crippen molar-refractivity contribution in [3.05, 3.63) is 0 Å². The summed E-state index contributed by atoms with van der Waals surface area (Å²) in [6.45, 7) is 12.4. The summed E-state index contributed by atoms with van der Waals surface area (Å²) in [6.07, 6.45) is 9.79. The monoisotopic (exact) mass is 280 g/mol. The lowest BCUT2D eigenvalue weighted by Crippen LogP contribution is -2.46. The zero-order chi connectivity index (χ0) is 14.4. The van der Waals surface area contributed by atoms with E-state index in [0.29, 0.717) is 0 Å². The third-order valence-corrected chi connectivity index (χ3v) is 5.50. The quantitative estimate of drug-likeness (QED) is 0.821. The van der Waals surface area contributed by atoms with Crippen LogP contribution in [0.4, 0.5) is 0 Å². The highest BCUT2D eigenvalue weighted by Crippen LogP contribution is 2.30. The smallest absolute Gasteiger partial charge is 0.0108 e. The fourth-order valence-corrected chi connectivity index (χ4v) is 4.14. The summed E-state index contributed by atoms with van der Waals surface area (Å²) in [5, 5.41) is 3.83. The molecule has 1 saturated heterocycles. The van der Waals surface area contributed by atoms with Gasteiger partial charge in [-0.25, -0.2) is 0 Å². The third kappa shape index (κ3) is 5.04. The van der Waals surface area contributed by atoms with Gasteiger partial charge in [-0.3, -0.25) is 0 Å². The van der Waals surface area contributed by atoms with Gasteiger partial charge >= 0.3 is 0 Å². The normalized spacial score (nSPS) is 36.8. The number of hydrogen-bond acceptors (Lipinski definition) is 2. The lowest BCUT2D eigenvalue weighted by Gasteiger charge is -2.38. The first-order valence-electron chi connectivity index (χ1n) is 9.14. The largest absolute Gasteiger partial charge is 0.314 e. The van der Waals surface area contributed by atoms with Crippen LogP contribution in [0.1, 0.15) is 65.7 Å². The van der Waals surface area contributed by atoms with E-state index in [-0.39, 0.29) is 0 Å². The Bertz CT molecular complexity index is 264. The first-order chi connectivity index (χ1) is 9.69. The average molecular weight is 280 g/mol. The lowest BCUT2D eigenvalue weighted by molar-refractivity contribution is 0.146. The molecule has 2 heteroatoms. The van der Waals surface area contributed by atoms with E-state index in [1.165, 1.54) is 71.1 Å². The van der Waals surface area contributed by atoms with E-state index >= 15 is 0 Å². The van der Waals surface area contributed by atoms with Crippen molar-refractivity contribution in [1.82, 2.24) is 10.2 Å². The van der Waals surface area contributed by atoms with Crippen LogP contribution in [0.2, 0.25) is 0 Å². The Hall–Kier alpha value is -0.0800. The van der Waals surface area contributed by atoms with Crippen LogP contribution in [0.3, 0.4) is 0 Å². The van der Waals surface area contributed by atoms with Crippen molar-refractivity contribution in [1.29, 1.82) is 0 Å². The minimum Gasteiger partial charge on any atom is -0.314 e. The van der Waals surface area contributed by atoms with Crippen LogP contribution in [0.25, 0.3) is 0 Å². The van der Waals surface area contributed by atoms with Crippen molar-refractivity contribution in [2.45, 2.75) is 71.8 Å². The number of nitrogens with zero attached hydrogens (tertiary/aromatic N) is 1. The van der Waals surface area contributed by atoms with Crippen LogP contribution in [-0.2, 0) is 0 Å². The summed E-state index contributed by atoms with van der Waals surface area (Å²) < 4.78 is 0. The Kier molecular flexibility index (Phi) is 6.83. The van der Waals surface area contributed by atoms with E-state index in [2.05, 4.69) is 31.0 Å². The molecule has 0 aromatic heterocycles.